The highest BCUT2D eigenvalue weighted by Gasteiger charge is 2.28. The number of hydrogen-bond donors (Lipinski definition) is 5. The molecule has 0 aromatic heterocycles. The van der Waals surface area contributed by atoms with Gasteiger partial charge in [-0.25, -0.2) is 0 Å². The van der Waals surface area contributed by atoms with Crippen LogP contribution in [-0.4, -0.2) is 57.3 Å². The first kappa shape index (κ1) is 57.1. The molecule has 0 aliphatic heterocycles. The van der Waals surface area contributed by atoms with Crippen LogP contribution in [0.1, 0.15) is 284 Å². The first-order valence-corrected chi connectivity index (χ1v) is 26.1. The van der Waals surface area contributed by atoms with Crippen molar-refractivity contribution in [2.24, 2.45) is 0 Å². The van der Waals surface area contributed by atoms with E-state index in [4.69, 9.17) is 0 Å². The van der Waals surface area contributed by atoms with Crippen molar-refractivity contribution in [2.45, 2.75) is 308 Å². The molecule has 6 nitrogen and oxygen atoms in total. The van der Waals surface area contributed by atoms with Gasteiger partial charge < -0.3 is 25.7 Å². The molecule has 0 aromatic carbocycles. The fourth-order valence-electron chi connectivity index (χ4n) is 8.35. The van der Waals surface area contributed by atoms with Gasteiger partial charge in [0.05, 0.1) is 18.8 Å². The van der Waals surface area contributed by atoms with Gasteiger partial charge in [-0.3, -0.25) is 4.79 Å². The molecule has 0 bridgehead atoms. The van der Waals surface area contributed by atoms with Crippen LogP contribution in [-0.2, 0) is 4.79 Å². The number of carbonyl (C=O) groups is 1. The van der Waals surface area contributed by atoms with Crippen LogP contribution < -0.4 is 5.32 Å². The lowest BCUT2D eigenvalue weighted by Gasteiger charge is -2.27. The van der Waals surface area contributed by atoms with Gasteiger partial charge >= 0.3 is 0 Å². The van der Waals surface area contributed by atoms with Crippen molar-refractivity contribution >= 4 is 5.91 Å². The van der Waals surface area contributed by atoms with Crippen LogP contribution in [0.25, 0.3) is 0 Å². The maximum absolute atomic E-state index is 12.5. The molecule has 5 N–H and O–H groups in total. The molecule has 0 radical (unpaired) electrons. The van der Waals surface area contributed by atoms with Gasteiger partial charge in [-0.2, -0.15) is 0 Å². The Kier molecular flexibility index (Phi) is 46.3. The van der Waals surface area contributed by atoms with Crippen LogP contribution in [0.2, 0.25) is 0 Å². The Bertz CT molecular complexity index is 837. The average Bonchev–Trinajstić information content (AvgIpc) is 3.23. The first-order valence-electron chi connectivity index (χ1n) is 26.1. The Morgan fingerprint density at radius 3 is 1.03 bits per heavy atom. The van der Waals surface area contributed by atoms with E-state index >= 15 is 0 Å². The Hall–Kier alpha value is -0.950. The van der Waals surface area contributed by atoms with Crippen LogP contribution >= 0.6 is 0 Å². The summed E-state index contributed by atoms with van der Waals surface area (Å²) in [6.07, 6.45) is 54.1. The highest BCUT2D eigenvalue weighted by Crippen LogP contribution is 2.17. The number of carbonyl (C=O) groups excluding carboxylic acids is 1. The number of hydrogen-bond acceptors (Lipinski definition) is 5. The van der Waals surface area contributed by atoms with E-state index < -0.39 is 36.9 Å². The molecule has 4 atom stereocenters. The topological polar surface area (TPSA) is 110 Å². The fraction of sp³-hybridized carbons (Fsp3) is 0.942. The molecule has 1 amide bonds. The van der Waals surface area contributed by atoms with Crippen LogP contribution in [0.4, 0.5) is 0 Å². The Balaban J connectivity index is 3.66. The van der Waals surface area contributed by atoms with E-state index in [9.17, 15) is 25.2 Å². The van der Waals surface area contributed by atoms with Crippen LogP contribution in [0.3, 0.4) is 0 Å². The number of rotatable bonds is 48. The van der Waals surface area contributed by atoms with E-state index in [0.29, 0.717) is 12.8 Å². The van der Waals surface area contributed by atoms with Gasteiger partial charge in [0.25, 0.3) is 0 Å². The number of allylic oxidation sites excluding steroid dienone is 2. The van der Waals surface area contributed by atoms with E-state index in [1.807, 2.05) is 0 Å². The number of aliphatic hydroxyl groups excluding tert-OH is 4. The second kappa shape index (κ2) is 47.1. The minimum atomic E-state index is -1.28. The van der Waals surface area contributed by atoms with Gasteiger partial charge in [-0.1, -0.05) is 257 Å². The minimum absolute atomic E-state index is 0.368. The predicted octanol–water partition coefficient (Wildman–Crippen LogP) is 14.5. The van der Waals surface area contributed by atoms with E-state index in [1.54, 1.807) is 0 Å². The summed E-state index contributed by atoms with van der Waals surface area (Å²) in [6, 6.07) is -0.998. The number of aliphatic hydroxyl groups is 4. The van der Waals surface area contributed by atoms with E-state index in [0.717, 1.165) is 38.5 Å². The third kappa shape index (κ3) is 40.5. The molecule has 0 saturated heterocycles. The van der Waals surface area contributed by atoms with Crippen LogP contribution in [0.15, 0.2) is 12.2 Å². The third-order valence-electron chi connectivity index (χ3n) is 12.5. The van der Waals surface area contributed by atoms with E-state index in [1.165, 1.54) is 218 Å². The normalized spacial score (nSPS) is 14.0. The summed E-state index contributed by atoms with van der Waals surface area (Å²) < 4.78 is 0. The molecule has 346 valence electrons. The lowest BCUT2D eigenvalue weighted by Crippen LogP contribution is -2.53. The summed E-state index contributed by atoms with van der Waals surface area (Å²) >= 11 is 0. The number of amides is 1. The van der Waals surface area contributed by atoms with E-state index in [-0.39, 0.29) is 0 Å². The van der Waals surface area contributed by atoms with Crippen molar-refractivity contribution < 1.29 is 25.2 Å². The van der Waals surface area contributed by atoms with Crippen molar-refractivity contribution in [1.29, 1.82) is 0 Å². The van der Waals surface area contributed by atoms with Crippen molar-refractivity contribution in [1.82, 2.24) is 5.32 Å². The average molecular weight is 822 g/mol. The summed E-state index contributed by atoms with van der Waals surface area (Å²) in [6.45, 7) is 4.07. The standard InChI is InChI=1S/C52H103NO5/c1-3-5-7-9-11-13-15-17-19-21-22-23-24-25-26-27-28-30-31-33-35-37-39-41-43-45-49(55)51(57)48(47-54)53-52(58)50(56)46-44-42-40-38-36-34-32-29-20-18-16-14-12-10-8-6-4-2/h37,39,48-51,54-57H,3-36,38,40-47H2,1-2H3,(H,53,58)/b39-37+. The second-order valence-corrected chi connectivity index (χ2v) is 18.2. The minimum Gasteiger partial charge on any atom is -0.394 e. The summed E-state index contributed by atoms with van der Waals surface area (Å²) in [5.41, 5.74) is 0. The fourth-order valence-corrected chi connectivity index (χ4v) is 8.35. The van der Waals surface area contributed by atoms with Gasteiger partial charge in [0.15, 0.2) is 0 Å². The van der Waals surface area contributed by atoms with Crippen molar-refractivity contribution in [2.75, 3.05) is 6.61 Å². The van der Waals surface area contributed by atoms with Gasteiger partial charge in [0.1, 0.15) is 12.2 Å². The van der Waals surface area contributed by atoms with Gasteiger partial charge in [-0.05, 0) is 38.5 Å². The molecule has 0 heterocycles. The lowest BCUT2D eigenvalue weighted by atomic mass is 10.00. The Labute approximate surface area is 362 Å². The monoisotopic (exact) mass is 822 g/mol. The molecule has 0 aliphatic rings. The summed E-state index contributed by atoms with van der Waals surface area (Å²) in [5.74, 6) is -0.588. The smallest absolute Gasteiger partial charge is 0.249 e. The van der Waals surface area contributed by atoms with Gasteiger partial charge in [0, 0.05) is 0 Å². The predicted molar refractivity (Wildman–Crippen MR) is 251 cm³/mol. The number of nitrogens with one attached hydrogen (secondary N) is 1. The Morgan fingerprint density at radius 2 is 0.707 bits per heavy atom. The zero-order chi connectivity index (χ0) is 42.4. The van der Waals surface area contributed by atoms with E-state index in [2.05, 4.69) is 31.3 Å². The highest BCUT2D eigenvalue weighted by molar-refractivity contribution is 5.80. The molecule has 6 heteroatoms. The first-order chi connectivity index (χ1) is 28.5. The largest absolute Gasteiger partial charge is 0.394 e. The maximum Gasteiger partial charge on any atom is 0.249 e. The Morgan fingerprint density at radius 1 is 0.414 bits per heavy atom. The molecule has 0 rings (SSSR count). The lowest BCUT2D eigenvalue weighted by molar-refractivity contribution is -0.132. The third-order valence-corrected chi connectivity index (χ3v) is 12.5. The van der Waals surface area contributed by atoms with Crippen molar-refractivity contribution in [3.63, 3.8) is 0 Å². The van der Waals surface area contributed by atoms with Gasteiger partial charge in [0.2, 0.25) is 5.91 Å². The molecular weight excluding hydrogens is 719 g/mol. The number of unbranched alkanes of at least 4 members (excludes halogenated alkanes) is 37. The molecule has 0 fully saturated rings. The SMILES string of the molecule is CCCCCCCCCCCCCCCCCCCCCC/C=C/CCCC(O)C(O)C(CO)NC(=O)C(O)CCCCCCCCCCCCCCCCCCC. The maximum atomic E-state index is 12.5. The molecular formula is C52H103NO5. The molecule has 0 saturated carbocycles. The summed E-state index contributed by atoms with van der Waals surface area (Å²) in [5, 5.41) is 43.8. The molecule has 0 aliphatic carbocycles. The zero-order valence-electron chi connectivity index (χ0n) is 39.1. The van der Waals surface area contributed by atoms with Gasteiger partial charge in [-0.15, -0.1) is 0 Å². The van der Waals surface area contributed by atoms with Crippen LogP contribution in [0, 0.1) is 0 Å². The zero-order valence-corrected chi connectivity index (χ0v) is 39.1. The molecule has 4 unspecified atom stereocenters. The van der Waals surface area contributed by atoms with Crippen molar-refractivity contribution in [3.8, 4) is 0 Å². The second-order valence-electron chi connectivity index (χ2n) is 18.2. The summed E-state index contributed by atoms with van der Waals surface area (Å²) in [7, 11) is 0. The summed E-state index contributed by atoms with van der Waals surface area (Å²) in [4.78, 5) is 12.5. The molecule has 0 aromatic rings. The molecule has 58 heavy (non-hydrogen) atoms. The highest BCUT2D eigenvalue weighted by atomic mass is 16.3. The quantitative estimate of drug-likeness (QED) is 0.0310. The van der Waals surface area contributed by atoms with Crippen molar-refractivity contribution in [3.05, 3.63) is 12.2 Å². The van der Waals surface area contributed by atoms with Crippen LogP contribution in [0.5, 0.6) is 0 Å². The molecule has 0 spiro atoms.